The van der Waals surface area contributed by atoms with Crippen LogP contribution in [0, 0.1) is 0 Å². The summed E-state index contributed by atoms with van der Waals surface area (Å²) in [5.41, 5.74) is 0. The van der Waals surface area contributed by atoms with Crippen LogP contribution in [0.25, 0.3) is 0 Å². The van der Waals surface area contributed by atoms with Gasteiger partial charge in [-0.3, -0.25) is 9.59 Å². The third kappa shape index (κ3) is 3.67. The number of benzene rings is 1. The topological polar surface area (TPSA) is 49.4 Å². The maximum absolute atomic E-state index is 12.1. The lowest BCUT2D eigenvalue weighted by molar-refractivity contribution is -0.126. The van der Waals surface area contributed by atoms with Crippen LogP contribution in [0.2, 0.25) is 5.02 Å². The van der Waals surface area contributed by atoms with E-state index in [0.29, 0.717) is 18.0 Å². The Morgan fingerprint density at radius 2 is 2.20 bits per heavy atom. The highest BCUT2D eigenvalue weighted by Gasteiger charge is 2.29. The lowest BCUT2D eigenvalue weighted by Crippen LogP contribution is -2.40. The lowest BCUT2D eigenvalue weighted by Gasteiger charge is -2.16. The van der Waals surface area contributed by atoms with Crippen molar-refractivity contribution in [3.05, 3.63) is 29.3 Å². The predicted molar refractivity (Wildman–Crippen MR) is 81.0 cm³/mol. The van der Waals surface area contributed by atoms with E-state index in [4.69, 9.17) is 11.6 Å². The summed E-state index contributed by atoms with van der Waals surface area (Å²) in [6, 6.07) is 7.36. The van der Waals surface area contributed by atoms with E-state index in [2.05, 4.69) is 5.32 Å². The van der Waals surface area contributed by atoms with Crippen molar-refractivity contribution in [2.45, 2.75) is 29.5 Å². The summed E-state index contributed by atoms with van der Waals surface area (Å²) >= 11 is 7.50. The maximum atomic E-state index is 12.1. The molecular formula is C14H17ClN2O2S. The third-order valence-corrected chi connectivity index (χ3v) is 4.82. The Morgan fingerprint density at radius 3 is 2.80 bits per heavy atom. The standard InChI is InChI=1S/C14H17ClN2O2S/c1-9(20-12-6-4-3-5-11(12)15)14(19)16-10-7-13(18)17(2)8-10/h3-6,9-10H,7-8H2,1-2H3,(H,16,19)/t9-,10+/m1/s1. The highest BCUT2D eigenvalue weighted by molar-refractivity contribution is 8.00. The molecule has 1 aliphatic rings. The van der Waals surface area contributed by atoms with E-state index in [1.807, 2.05) is 25.1 Å². The maximum Gasteiger partial charge on any atom is 0.233 e. The fourth-order valence-electron chi connectivity index (χ4n) is 2.06. The van der Waals surface area contributed by atoms with E-state index in [-0.39, 0.29) is 23.1 Å². The number of likely N-dealkylation sites (tertiary alicyclic amines) is 1. The molecular weight excluding hydrogens is 296 g/mol. The third-order valence-electron chi connectivity index (χ3n) is 3.20. The molecule has 1 saturated heterocycles. The Labute approximate surface area is 127 Å². The van der Waals surface area contributed by atoms with Crippen LogP contribution in [0.4, 0.5) is 0 Å². The van der Waals surface area contributed by atoms with Crippen LogP contribution in [0.3, 0.4) is 0 Å². The number of carbonyl (C=O) groups excluding carboxylic acids is 2. The van der Waals surface area contributed by atoms with Crippen molar-refractivity contribution in [1.29, 1.82) is 0 Å². The van der Waals surface area contributed by atoms with Crippen molar-refractivity contribution in [3.8, 4) is 0 Å². The van der Waals surface area contributed by atoms with Gasteiger partial charge < -0.3 is 10.2 Å². The van der Waals surface area contributed by atoms with Gasteiger partial charge in [0.2, 0.25) is 11.8 Å². The molecule has 1 aliphatic heterocycles. The first-order valence-corrected chi connectivity index (χ1v) is 7.68. The molecule has 6 heteroatoms. The predicted octanol–water partition coefficient (Wildman–Crippen LogP) is 2.17. The van der Waals surface area contributed by atoms with Gasteiger partial charge in [-0.1, -0.05) is 23.7 Å². The molecule has 0 aromatic heterocycles. The molecule has 1 fully saturated rings. The Bertz CT molecular complexity index is 524. The minimum absolute atomic E-state index is 0.0666. The molecule has 0 bridgehead atoms. The van der Waals surface area contributed by atoms with Gasteiger partial charge in [0.1, 0.15) is 0 Å². The van der Waals surface area contributed by atoms with E-state index in [0.717, 1.165) is 4.90 Å². The number of amides is 2. The summed E-state index contributed by atoms with van der Waals surface area (Å²) in [5, 5.41) is 3.31. The van der Waals surface area contributed by atoms with E-state index < -0.39 is 0 Å². The van der Waals surface area contributed by atoms with Gasteiger partial charge in [0.05, 0.1) is 16.3 Å². The molecule has 2 amide bonds. The molecule has 20 heavy (non-hydrogen) atoms. The fraction of sp³-hybridized carbons (Fsp3) is 0.429. The van der Waals surface area contributed by atoms with Crippen LogP contribution in [0.15, 0.2) is 29.2 Å². The monoisotopic (exact) mass is 312 g/mol. The Kier molecular flexibility index (Phi) is 4.94. The normalized spacial score (nSPS) is 20.1. The second kappa shape index (κ2) is 6.50. The number of rotatable bonds is 4. The van der Waals surface area contributed by atoms with E-state index in [1.54, 1.807) is 18.0 Å². The fourth-order valence-corrected chi connectivity index (χ4v) is 3.23. The number of thioether (sulfide) groups is 1. The Balaban J connectivity index is 1.90. The quantitative estimate of drug-likeness (QED) is 0.867. The second-order valence-corrected chi connectivity index (χ2v) is 6.66. The van der Waals surface area contributed by atoms with Crippen LogP contribution in [0.5, 0.6) is 0 Å². The molecule has 2 rings (SSSR count). The van der Waals surface area contributed by atoms with Crippen molar-refractivity contribution in [2.75, 3.05) is 13.6 Å². The molecule has 0 spiro atoms. The minimum Gasteiger partial charge on any atom is -0.350 e. The van der Waals surface area contributed by atoms with Gasteiger partial charge in [-0.25, -0.2) is 0 Å². The van der Waals surface area contributed by atoms with Gasteiger partial charge in [-0.15, -0.1) is 11.8 Å². The zero-order chi connectivity index (χ0) is 14.7. The van der Waals surface area contributed by atoms with Gasteiger partial charge in [0, 0.05) is 24.9 Å². The van der Waals surface area contributed by atoms with Crippen molar-refractivity contribution in [3.63, 3.8) is 0 Å². The summed E-state index contributed by atoms with van der Waals surface area (Å²) in [6.07, 6.45) is 0.381. The van der Waals surface area contributed by atoms with Crippen molar-refractivity contribution >= 4 is 35.2 Å². The summed E-state index contributed by atoms with van der Waals surface area (Å²) < 4.78 is 0. The largest absolute Gasteiger partial charge is 0.350 e. The SMILES string of the molecule is C[C@@H](Sc1ccccc1Cl)C(=O)N[C@H]1CC(=O)N(C)C1. The van der Waals surface area contributed by atoms with E-state index >= 15 is 0 Å². The average Bonchev–Trinajstić information content (AvgIpc) is 2.71. The Hall–Kier alpha value is -1.20. The van der Waals surface area contributed by atoms with Crippen molar-refractivity contribution < 1.29 is 9.59 Å². The lowest BCUT2D eigenvalue weighted by atomic mass is 10.2. The summed E-state index contributed by atoms with van der Waals surface area (Å²) in [6.45, 7) is 2.41. The molecule has 0 unspecified atom stereocenters. The summed E-state index contributed by atoms with van der Waals surface area (Å²) in [7, 11) is 1.75. The number of nitrogens with one attached hydrogen (secondary N) is 1. The smallest absolute Gasteiger partial charge is 0.233 e. The second-order valence-electron chi connectivity index (χ2n) is 4.87. The van der Waals surface area contributed by atoms with E-state index in [1.165, 1.54) is 11.8 Å². The molecule has 1 aromatic rings. The molecule has 1 aromatic carbocycles. The van der Waals surface area contributed by atoms with Gasteiger partial charge in [0.15, 0.2) is 0 Å². The summed E-state index contributed by atoms with van der Waals surface area (Å²) in [5.74, 6) is 0.00438. The number of hydrogen-bond acceptors (Lipinski definition) is 3. The van der Waals surface area contributed by atoms with Crippen LogP contribution < -0.4 is 5.32 Å². The van der Waals surface area contributed by atoms with Crippen LogP contribution >= 0.6 is 23.4 Å². The van der Waals surface area contributed by atoms with Crippen LogP contribution in [-0.2, 0) is 9.59 Å². The number of carbonyl (C=O) groups is 2. The van der Waals surface area contributed by atoms with Gasteiger partial charge in [0.25, 0.3) is 0 Å². The number of nitrogens with zero attached hydrogens (tertiary/aromatic N) is 1. The Morgan fingerprint density at radius 1 is 1.50 bits per heavy atom. The van der Waals surface area contributed by atoms with Crippen molar-refractivity contribution in [2.24, 2.45) is 0 Å². The summed E-state index contributed by atoms with van der Waals surface area (Å²) in [4.78, 5) is 26.1. The molecule has 0 saturated carbocycles. The number of halogens is 1. The van der Waals surface area contributed by atoms with Gasteiger partial charge in [-0.2, -0.15) is 0 Å². The zero-order valence-corrected chi connectivity index (χ0v) is 13.0. The van der Waals surface area contributed by atoms with Gasteiger partial charge >= 0.3 is 0 Å². The first-order chi connectivity index (χ1) is 9.47. The minimum atomic E-state index is -0.254. The first kappa shape index (κ1) is 15.2. The molecule has 4 nitrogen and oxygen atoms in total. The molecule has 2 atom stereocenters. The molecule has 108 valence electrons. The van der Waals surface area contributed by atoms with Gasteiger partial charge in [-0.05, 0) is 19.1 Å². The van der Waals surface area contributed by atoms with Crippen molar-refractivity contribution in [1.82, 2.24) is 10.2 Å². The number of hydrogen-bond donors (Lipinski definition) is 1. The average molecular weight is 313 g/mol. The van der Waals surface area contributed by atoms with Crippen LogP contribution in [-0.4, -0.2) is 41.6 Å². The molecule has 0 radical (unpaired) electrons. The number of likely N-dealkylation sites (N-methyl/N-ethyl adjacent to an activating group) is 1. The molecule has 1 N–H and O–H groups in total. The van der Waals surface area contributed by atoms with Crippen LogP contribution in [0.1, 0.15) is 13.3 Å². The molecule has 1 heterocycles. The highest BCUT2D eigenvalue weighted by atomic mass is 35.5. The zero-order valence-electron chi connectivity index (χ0n) is 11.4. The molecule has 0 aliphatic carbocycles. The highest BCUT2D eigenvalue weighted by Crippen LogP contribution is 2.30. The first-order valence-electron chi connectivity index (χ1n) is 6.43. The van der Waals surface area contributed by atoms with E-state index in [9.17, 15) is 9.59 Å².